The van der Waals surface area contributed by atoms with Crippen LogP contribution in [0.15, 0.2) is 22.7 Å². The van der Waals surface area contributed by atoms with Crippen LogP contribution in [0, 0.1) is 5.92 Å². The fourth-order valence-electron chi connectivity index (χ4n) is 2.10. The van der Waals surface area contributed by atoms with Gasteiger partial charge in [-0.1, -0.05) is 22.9 Å². The van der Waals surface area contributed by atoms with Crippen molar-refractivity contribution in [3.8, 4) is 0 Å². The maximum atomic E-state index is 12.1. The van der Waals surface area contributed by atoms with E-state index in [4.69, 9.17) is 5.11 Å². The Morgan fingerprint density at radius 2 is 1.95 bits per heavy atom. The minimum absolute atomic E-state index is 0.0723. The van der Waals surface area contributed by atoms with Crippen molar-refractivity contribution in [1.29, 1.82) is 0 Å². The van der Waals surface area contributed by atoms with E-state index in [1.807, 2.05) is 0 Å². The van der Waals surface area contributed by atoms with E-state index in [0.29, 0.717) is 11.1 Å². The Hall–Kier alpha value is -1.69. The molecule has 0 bridgehead atoms. The number of hydrogen-bond acceptors (Lipinski definition) is 3. The quantitative estimate of drug-likeness (QED) is 0.861. The molecule has 6 heteroatoms. The van der Waals surface area contributed by atoms with Gasteiger partial charge in [0, 0.05) is 17.4 Å². The smallest absolute Gasteiger partial charge is 0.303 e. The molecule has 2 rings (SSSR count). The number of fused-ring (bicyclic) bond motifs is 1. The molecular weight excluding hydrogens is 314 g/mol. The van der Waals surface area contributed by atoms with Gasteiger partial charge in [-0.2, -0.15) is 0 Å². The minimum Gasteiger partial charge on any atom is -0.481 e. The van der Waals surface area contributed by atoms with E-state index in [9.17, 15) is 14.4 Å². The summed E-state index contributed by atoms with van der Waals surface area (Å²) in [4.78, 5) is 35.9. The molecule has 0 saturated carbocycles. The van der Waals surface area contributed by atoms with Crippen LogP contribution in [0.5, 0.6) is 0 Å². The zero-order valence-electron chi connectivity index (χ0n) is 10.2. The van der Waals surface area contributed by atoms with Crippen molar-refractivity contribution in [2.45, 2.75) is 13.3 Å². The maximum Gasteiger partial charge on any atom is 0.303 e. The van der Waals surface area contributed by atoms with Crippen LogP contribution < -0.4 is 0 Å². The molecule has 0 saturated heterocycles. The molecule has 0 spiro atoms. The van der Waals surface area contributed by atoms with Crippen molar-refractivity contribution in [3.63, 3.8) is 0 Å². The zero-order valence-corrected chi connectivity index (χ0v) is 11.8. The Kier molecular flexibility index (Phi) is 3.71. The van der Waals surface area contributed by atoms with E-state index in [2.05, 4.69) is 15.9 Å². The maximum absolute atomic E-state index is 12.1. The predicted molar refractivity (Wildman–Crippen MR) is 70.9 cm³/mol. The van der Waals surface area contributed by atoms with Crippen LogP contribution in [0.1, 0.15) is 34.1 Å². The number of hydrogen-bond donors (Lipinski definition) is 1. The summed E-state index contributed by atoms with van der Waals surface area (Å²) in [5.41, 5.74) is 0.734. The number of carboxylic acid groups (broad SMARTS) is 1. The lowest BCUT2D eigenvalue weighted by Gasteiger charge is -2.17. The molecule has 1 aliphatic rings. The SMILES string of the molecule is CC(CC(=O)O)CN1C(=O)c2ccc(Br)cc2C1=O. The van der Waals surface area contributed by atoms with Crippen LogP contribution >= 0.6 is 15.9 Å². The second kappa shape index (κ2) is 5.13. The third-order valence-corrected chi connectivity index (χ3v) is 3.44. The Labute approximate surface area is 118 Å². The number of aliphatic carboxylic acids is 1. The molecule has 100 valence electrons. The lowest BCUT2D eigenvalue weighted by atomic mass is 10.1. The molecule has 1 aromatic carbocycles. The van der Waals surface area contributed by atoms with Gasteiger partial charge in [-0.15, -0.1) is 0 Å². The van der Waals surface area contributed by atoms with Crippen LogP contribution in [-0.4, -0.2) is 34.3 Å². The predicted octanol–water partition coefficient (Wildman–Crippen LogP) is 2.16. The molecule has 1 N–H and O–H groups in total. The summed E-state index contributed by atoms with van der Waals surface area (Å²) in [7, 11) is 0. The minimum atomic E-state index is -0.938. The molecule has 5 nitrogen and oxygen atoms in total. The highest BCUT2D eigenvalue weighted by Crippen LogP contribution is 2.26. The molecule has 0 fully saturated rings. The van der Waals surface area contributed by atoms with Gasteiger partial charge in [0.25, 0.3) is 11.8 Å². The summed E-state index contributed by atoms with van der Waals surface area (Å²) in [6, 6.07) is 4.91. The van der Waals surface area contributed by atoms with Crippen molar-refractivity contribution in [1.82, 2.24) is 4.90 Å². The molecule has 19 heavy (non-hydrogen) atoms. The Bertz CT molecular complexity index is 570. The summed E-state index contributed by atoms with van der Waals surface area (Å²) in [5.74, 6) is -1.93. The van der Waals surface area contributed by atoms with Crippen molar-refractivity contribution in [2.75, 3.05) is 6.54 Å². The number of amides is 2. The van der Waals surface area contributed by atoms with E-state index in [0.717, 1.165) is 9.37 Å². The molecule has 1 heterocycles. The second-order valence-electron chi connectivity index (χ2n) is 4.61. The number of nitrogens with zero attached hydrogens (tertiary/aromatic N) is 1. The van der Waals surface area contributed by atoms with Crippen LogP contribution in [0.25, 0.3) is 0 Å². The Balaban J connectivity index is 2.20. The Morgan fingerprint density at radius 3 is 2.58 bits per heavy atom. The highest BCUT2D eigenvalue weighted by Gasteiger charge is 2.36. The summed E-state index contributed by atoms with van der Waals surface area (Å²) >= 11 is 3.26. The first-order valence-electron chi connectivity index (χ1n) is 5.77. The number of halogens is 1. The molecule has 1 atom stereocenters. The van der Waals surface area contributed by atoms with Crippen LogP contribution in [-0.2, 0) is 4.79 Å². The van der Waals surface area contributed by atoms with Crippen LogP contribution in [0.4, 0.5) is 0 Å². The molecule has 1 aliphatic heterocycles. The van der Waals surface area contributed by atoms with E-state index >= 15 is 0 Å². The highest BCUT2D eigenvalue weighted by atomic mass is 79.9. The first-order chi connectivity index (χ1) is 8.90. The highest BCUT2D eigenvalue weighted by molar-refractivity contribution is 9.10. The third-order valence-electron chi connectivity index (χ3n) is 2.95. The zero-order chi connectivity index (χ0) is 14.2. The second-order valence-corrected chi connectivity index (χ2v) is 5.53. The van der Waals surface area contributed by atoms with E-state index in [1.54, 1.807) is 25.1 Å². The number of carbonyl (C=O) groups excluding carboxylic acids is 2. The topological polar surface area (TPSA) is 74.7 Å². The number of carboxylic acids is 1. The summed E-state index contributed by atoms with van der Waals surface area (Å²) in [6.07, 6.45) is -0.0723. The van der Waals surface area contributed by atoms with Gasteiger partial charge >= 0.3 is 5.97 Å². The normalized spacial score (nSPS) is 15.6. The summed E-state index contributed by atoms with van der Waals surface area (Å²) < 4.78 is 0.729. The van der Waals surface area contributed by atoms with Crippen molar-refractivity contribution < 1.29 is 19.5 Å². The summed E-state index contributed by atoms with van der Waals surface area (Å²) in [6.45, 7) is 1.82. The van der Waals surface area contributed by atoms with Crippen molar-refractivity contribution in [2.24, 2.45) is 5.92 Å². The van der Waals surface area contributed by atoms with Gasteiger partial charge in [0.2, 0.25) is 0 Å². The van der Waals surface area contributed by atoms with Gasteiger partial charge in [-0.3, -0.25) is 19.3 Å². The molecule has 0 aromatic heterocycles. The number of rotatable bonds is 4. The lowest BCUT2D eigenvalue weighted by molar-refractivity contribution is -0.138. The van der Waals surface area contributed by atoms with Gasteiger partial charge in [0.1, 0.15) is 0 Å². The number of imide groups is 1. The van der Waals surface area contributed by atoms with Crippen molar-refractivity contribution in [3.05, 3.63) is 33.8 Å². The third kappa shape index (κ3) is 2.68. The molecule has 0 aliphatic carbocycles. The number of benzene rings is 1. The Morgan fingerprint density at radius 1 is 1.32 bits per heavy atom. The average molecular weight is 326 g/mol. The van der Waals surface area contributed by atoms with E-state index in [1.165, 1.54) is 0 Å². The van der Waals surface area contributed by atoms with E-state index in [-0.39, 0.29) is 30.7 Å². The van der Waals surface area contributed by atoms with Gasteiger partial charge in [0.15, 0.2) is 0 Å². The molecule has 1 unspecified atom stereocenters. The monoisotopic (exact) mass is 325 g/mol. The van der Waals surface area contributed by atoms with Crippen LogP contribution in [0.2, 0.25) is 0 Å². The fraction of sp³-hybridized carbons (Fsp3) is 0.308. The average Bonchev–Trinajstić information content (AvgIpc) is 2.53. The first-order valence-corrected chi connectivity index (χ1v) is 6.57. The lowest BCUT2D eigenvalue weighted by Crippen LogP contribution is -2.34. The molecule has 2 amide bonds. The van der Waals surface area contributed by atoms with Gasteiger partial charge < -0.3 is 5.11 Å². The van der Waals surface area contributed by atoms with E-state index < -0.39 is 5.97 Å². The van der Waals surface area contributed by atoms with Gasteiger partial charge in [-0.25, -0.2) is 0 Å². The summed E-state index contributed by atoms with van der Waals surface area (Å²) in [5, 5.41) is 8.70. The van der Waals surface area contributed by atoms with Gasteiger partial charge in [0.05, 0.1) is 11.1 Å². The first kappa shape index (κ1) is 13.7. The largest absolute Gasteiger partial charge is 0.481 e. The molecule has 0 radical (unpaired) electrons. The van der Waals surface area contributed by atoms with Crippen molar-refractivity contribution >= 4 is 33.7 Å². The fourth-order valence-corrected chi connectivity index (χ4v) is 2.46. The van der Waals surface area contributed by atoms with Crippen LogP contribution in [0.3, 0.4) is 0 Å². The molecule has 1 aromatic rings. The molecular formula is C13H12BrNO4. The standard InChI is InChI=1S/C13H12BrNO4/c1-7(4-11(16)17)6-15-12(18)9-3-2-8(14)5-10(9)13(15)19/h2-3,5,7H,4,6H2,1H3,(H,16,17). The van der Waals surface area contributed by atoms with Gasteiger partial charge in [-0.05, 0) is 24.1 Å². The number of carbonyl (C=O) groups is 3.